The normalized spacial score (nSPS) is 18.0. The molecule has 0 bridgehead atoms. The summed E-state index contributed by atoms with van der Waals surface area (Å²) in [5.74, 6) is -0.379. The molecule has 9 nitrogen and oxygen atoms in total. The largest absolute Gasteiger partial charge is 0.397 e. The zero-order chi connectivity index (χ0) is 35.7. The highest BCUT2D eigenvalue weighted by molar-refractivity contribution is 5.95. The van der Waals surface area contributed by atoms with Crippen LogP contribution in [0.15, 0.2) is 115 Å². The molecular formula is C42H46N4O5. The molecule has 1 fully saturated rings. The van der Waals surface area contributed by atoms with Gasteiger partial charge in [-0.05, 0) is 78.2 Å². The van der Waals surface area contributed by atoms with Gasteiger partial charge in [-0.15, -0.1) is 0 Å². The number of benzene rings is 5. The topological polar surface area (TPSA) is 126 Å². The minimum atomic E-state index is -0.665. The highest BCUT2D eigenvalue weighted by Crippen LogP contribution is 2.39. The van der Waals surface area contributed by atoms with E-state index in [9.17, 15) is 14.7 Å². The number of carbonyl (C=O) groups is 2. The van der Waals surface area contributed by atoms with Crippen molar-refractivity contribution >= 4 is 39.6 Å². The minimum Gasteiger partial charge on any atom is -0.397 e. The van der Waals surface area contributed by atoms with E-state index in [0.717, 1.165) is 16.7 Å². The van der Waals surface area contributed by atoms with Crippen molar-refractivity contribution in [1.82, 2.24) is 4.90 Å². The molecule has 5 N–H and O–H groups in total. The summed E-state index contributed by atoms with van der Waals surface area (Å²) in [4.78, 5) is 27.6. The van der Waals surface area contributed by atoms with E-state index in [2.05, 4.69) is 72.0 Å². The van der Waals surface area contributed by atoms with Crippen LogP contribution in [0.5, 0.6) is 0 Å². The number of carbonyl (C=O) groups excluding carboxylic acids is 2. The molecule has 1 aliphatic heterocycles. The summed E-state index contributed by atoms with van der Waals surface area (Å²) in [7, 11) is 2.12. The van der Waals surface area contributed by atoms with Gasteiger partial charge in [0.1, 0.15) is 0 Å². The molecule has 4 atom stereocenters. The number of hydrogen-bond donors (Lipinski definition) is 4. The summed E-state index contributed by atoms with van der Waals surface area (Å²) in [6, 6.07) is 37.6. The number of fused-ring (bicyclic) bond motifs is 1. The van der Waals surface area contributed by atoms with E-state index in [-0.39, 0.29) is 49.5 Å². The predicted octanol–water partition coefficient (Wildman–Crippen LogP) is 7.90. The Morgan fingerprint density at radius 2 is 1.55 bits per heavy atom. The number of nitrogens with two attached hydrogens (primary N) is 1. The Morgan fingerprint density at radius 3 is 2.31 bits per heavy atom. The second-order valence-electron chi connectivity index (χ2n) is 13.2. The number of rotatable bonds is 13. The molecule has 0 radical (unpaired) electrons. The number of nitrogens with one attached hydrogen (secondary N) is 2. The lowest BCUT2D eigenvalue weighted by molar-refractivity contribution is -0.253. The van der Waals surface area contributed by atoms with E-state index in [1.165, 1.54) is 16.3 Å². The van der Waals surface area contributed by atoms with Crippen molar-refractivity contribution in [3.05, 3.63) is 138 Å². The van der Waals surface area contributed by atoms with Gasteiger partial charge < -0.3 is 30.9 Å². The standard InChI is InChI=1S/C42H46N4O5/c1-28(32-22-21-30-9-3-4-10-33(30)23-32)46(2)26-36-25-39(31-19-17-29(27-47)18-20-31)51-42(50-36)34-11-7-12-35(24-34)44-40(48)15-8-16-41(49)45-38-14-6-5-13-37(38)43/h3-7,9-14,17-24,28,36,39,42,47H,8,15-16,25-27,43H2,1-2H3,(H,44,48)(H,45,49)/t28-,36-,39+,42+/m1/s1. The molecule has 0 aromatic heterocycles. The summed E-state index contributed by atoms with van der Waals surface area (Å²) in [5.41, 5.74) is 11.5. The van der Waals surface area contributed by atoms with Gasteiger partial charge in [-0.25, -0.2) is 0 Å². The fourth-order valence-electron chi connectivity index (χ4n) is 6.45. The van der Waals surface area contributed by atoms with E-state index >= 15 is 0 Å². The first-order valence-corrected chi connectivity index (χ1v) is 17.5. The second-order valence-corrected chi connectivity index (χ2v) is 13.2. The fraction of sp³-hybridized carbons (Fsp3) is 0.286. The number of hydrogen-bond acceptors (Lipinski definition) is 7. The fourth-order valence-corrected chi connectivity index (χ4v) is 6.45. The van der Waals surface area contributed by atoms with Crippen LogP contribution < -0.4 is 16.4 Å². The van der Waals surface area contributed by atoms with E-state index in [0.29, 0.717) is 36.4 Å². The molecule has 0 spiro atoms. The van der Waals surface area contributed by atoms with Crippen LogP contribution in [0.25, 0.3) is 10.8 Å². The van der Waals surface area contributed by atoms with Crippen LogP contribution in [-0.4, -0.2) is 41.5 Å². The monoisotopic (exact) mass is 686 g/mol. The maximum atomic E-state index is 12.9. The van der Waals surface area contributed by atoms with E-state index in [1.807, 2.05) is 48.5 Å². The zero-order valence-corrected chi connectivity index (χ0v) is 29.1. The molecule has 0 saturated carbocycles. The SMILES string of the molecule is C[C@H](c1ccc2ccccc2c1)N(C)C[C@H]1C[C@@H](c2ccc(CO)cc2)O[C@@H](c2cccc(NC(=O)CCCC(=O)Nc3ccccc3N)c2)O1. The van der Waals surface area contributed by atoms with Crippen molar-refractivity contribution in [3.8, 4) is 0 Å². The van der Waals surface area contributed by atoms with E-state index in [1.54, 1.807) is 24.3 Å². The Bertz CT molecular complexity index is 1950. The summed E-state index contributed by atoms with van der Waals surface area (Å²) in [5, 5.41) is 17.8. The predicted molar refractivity (Wildman–Crippen MR) is 202 cm³/mol. The number of ether oxygens (including phenoxy) is 2. The minimum absolute atomic E-state index is 0.0217. The van der Waals surface area contributed by atoms with E-state index in [4.69, 9.17) is 15.2 Å². The summed E-state index contributed by atoms with van der Waals surface area (Å²) in [6.45, 7) is 2.87. The third-order valence-corrected chi connectivity index (χ3v) is 9.51. The van der Waals surface area contributed by atoms with Gasteiger partial charge in [0.25, 0.3) is 0 Å². The van der Waals surface area contributed by atoms with Crippen LogP contribution in [-0.2, 0) is 25.7 Å². The molecular weight excluding hydrogens is 640 g/mol. The first kappa shape index (κ1) is 35.8. The van der Waals surface area contributed by atoms with Gasteiger partial charge in [0.15, 0.2) is 6.29 Å². The average Bonchev–Trinajstić information content (AvgIpc) is 3.15. The van der Waals surface area contributed by atoms with Crippen molar-refractivity contribution in [2.75, 3.05) is 30.0 Å². The summed E-state index contributed by atoms with van der Waals surface area (Å²) < 4.78 is 13.2. The lowest BCUT2D eigenvalue weighted by Crippen LogP contribution is -2.38. The third-order valence-electron chi connectivity index (χ3n) is 9.51. The average molecular weight is 687 g/mol. The van der Waals surface area contributed by atoms with Crippen molar-refractivity contribution in [3.63, 3.8) is 0 Å². The summed E-state index contributed by atoms with van der Waals surface area (Å²) in [6.07, 6.45) is 0.390. The van der Waals surface area contributed by atoms with Crippen LogP contribution in [0, 0.1) is 0 Å². The number of para-hydroxylation sites is 2. The molecule has 5 aromatic rings. The third kappa shape index (κ3) is 9.39. The molecule has 2 amide bonds. The number of aliphatic hydroxyl groups excluding tert-OH is 1. The maximum absolute atomic E-state index is 12.9. The molecule has 1 saturated heterocycles. The molecule has 0 aliphatic carbocycles. The number of amides is 2. The van der Waals surface area contributed by atoms with Crippen LogP contribution in [0.3, 0.4) is 0 Å². The molecule has 264 valence electrons. The van der Waals surface area contributed by atoms with Gasteiger partial charge in [0, 0.05) is 43.1 Å². The van der Waals surface area contributed by atoms with Gasteiger partial charge in [-0.1, -0.05) is 84.9 Å². The van der Waals surface area contributed by atoms with Crippen LogP contribution in [0.2, 0.25) is 0 Å². The maximum Gasteiger partial charge on any atom is 0.224 e. The Labute approximate surface area is 299 Å². The van der Waals surface area contributed by atoms with Crippen LogP contribution in [0.4, 0.5) is 17.1 Å². The molecule has 5 aromatic carbocycles. The Kier molecular flexibility index (Phi) is 11.8. The van der Waals surface area contributed by atoms with Crippen molar-refractivity contribution < 1.29 is 24.2 Å². The number of anilines is 3. The molecule has 1 aliphatic rings. The molecule has 51 heavy (non-hydrogen) atoms. The number of likely N-dealkylation sites (N-methyl/N-ethyl adjacent to an activating group) is 1. The van der Waals surface area contributed by atoms with E-state index < -0.39 is 6.29 Å². The lowest BCUT2D eigenvalue weighted by atomic mass is 9.98. The Morgan fingerprint density at radius 1 is 0.824 bits per heavy atom. The van der Waals surface area contributed by atoms with Crippen molar-refractivity contribution in [1.29, 1.82) is 0 Å². The molecule has 1 heterocycles. The highest BCUT2D eigenvalue weighted by atomic mass is 16.7. The van der Waals surface area contributed by atoms with Gasteiger partial charge in [-0.3, -0.25) is 14.5 Å². The molecule has 0 unspecified atom stereocenters. The molecule has 9 heteroatoms. The van der Waals surface area contributed by atoms with Crippen molar-refractivity contribution in [2.24, 2.45) is 0 Å². The quantitative estimate of drug-likeness (QED) is 0.0928. The molecule has 6 rings (SSSR count). The van der Waals surface area contributed by atoms with Gasteiger partial charge in [-0.2, -0.15) is 0 Å². The van der Waals surface area contributed by atoms with Gasteiger partial charge in [0.2, 0.25) is 11.8 Å². The highest BCUT2D eigenvalue weighted by Gasteiger charge is 2.33. The first-order chi connectivity index (χ1) is 24.7. The van der Waals surface area contributed by atoms with Crippen LogP contribution >= 0.6 is 0 Å². The number of nitrogens with zero attached hydrogens (tertiary/aromatic N) is 1. The van der Waals surface area contributed by atoms with Crippen molar-refractivity contribution in [2.45, 2.75) is 63.8 Å². The smallest absolute Gasteiger partial charge is 0.224 e. The Hall–Kier alpha value is -5.06. The zero-order valence-electron chi connectivity index (χ0n) is 29.1. The number of nitrogen functional groups attached to an aromatic ring is 1. The van der Waals surface area contributed by atoms with Crippen LogP contribution in [0.1, 0.15) is 73.3 Å². The number of aliphatic hydroxyl groups is 1. The van der Waals surface area contributed by atoms with Gasteiger partial charge >= 0.3 is 0 Å². The Balaban J connectivity index is 1.11. The second kappa shape index (κ2) is 16.8. The van der Waals surface area contributed by atoms with Gasteiger partial charge in [0.05, 0.1) is 30.2 Å². The lowest BCUT2D eigenvalue weighted by Gasteiger charge is -2.39. The summed E-state index contributed by atoms with van der Waals surface area (Å²) >= 11 is 0. The first-order valence-electron chi connectivity index (χ1n) is 17.5.